The van der Waals surface area contributed by atoms with Crippen LogP contribution in [0.25, 0.3) is 11.1 Å². The monoisotopic (exact) mass is 340 g/mol. The van der Waals surface area contributed by atoms with Crippen LogP contribution < -0.4 is 11.1 Å². The number of alkyl carbamates (subject to hydrolysis) is 1. The van der Waals surface area contributed by atoms with Crippen molar-refractivity contribution < 1.29 is 19.4 Å². The van der Waals surface area contributed by atoms with Crippen LogP contribution in [0.15, 0.2) is 48.5 Å². The molecule has 6 heteroatoms. The Labute approximate surface area is 145 Å². The Hall–Kier alpha value is -2.86. The average Bonchev–Trinajstić information content (AvgIpc) is 2.94. The molecule has 3 rings (SSSR count). The fourth-order valence-electron chi connectivity index (χ4n) is 3.10. The lowest BCUT2D eigenvalue weighted by Gasteiger charge is -2.15. The van der Waals surface area contributed by atoms with Crippen molar-refractivity contribution in [2.45, 2.75) is 18.4 Å². The Balaban J connectivity index is 1.60. The van der Waals surface area contributed by atoms with Gasteiger partial charge in [-0.25, -0.2) is 4.79 Å². The molecular formula is C19H20N2O4. The van der Waals surface area contributed by atoms with E-state index in [0.29, 0.717) is 0 Å². The average molecular weight is 340 g/mol. The number of carboxylic acid groups (broad SMARTS) is 1. The summed E-state index contributed by atoms with van der Waals surface area (Å²) in [5, 5.41) is 11.2. The molecule has 25 heavy (non-hydrogen) atoms. The minimum absolute atomic E-state index is 0.000531. The SMILES string of the molecule is N[C@@H](CCNC(=O)OCC1c2ccccc2-c2ccccc21)C(=O)O. The molecule has 130 valence electrons. The normalized spacial score (nSPS) is 13.6. The molecule has 1 aliphatic rings. The van der Waals surface area contributed by atoms with Gasteiger partial charge in [0.25, 0.3) is 0 Å². The number of benzene rings is 2. The Morgan fingerprint density at radius 1 is 1.08 bits per heavy atom. The van der Waals surface area contributed by atoms with Gasteiger partial charge in [-0.05, 0) is 28.7 Å². The Morgan fingerprint density at radius 2 is 1.64 bits per heavy atom. The highest BCUT2D eigenvalue weighted by atomic mass is 16.5. The smallest absolute Gasteiger partial charge is 0.407 e. The van der Waals surface area contributed by atoms with Crippen LogP contribution in [0.4, 0.5) is 4.79 Å². The summed E-state index contributed by atoms with van der Waals surface area (Å²) in [5.41, 5.74) is 10.0. The molecule has 1 amide bonds. The van der Waals surface area contributed by atoms with Gasteiger partial charge in [-0.3, -0.25) is 4.79 Å². The van der Waals surface area contributed by atoms with Crippen LogP contribution in [0.2, 0.25) is 0 Å². The first kappa shape index (κ1) is 17.0. The lowest BCUT2D eigenvalue weighted by atomic mass is 9.98. The van der Waals surface area contributed by atoms with Crippen LogP contribution >= 0.6 is 0 Å². The molecule has 4 N–H and O–H groups in total. The largest absolute Gasteiger partial charge is 0.480 e. The second kappa shape index (κ2) is 7.36. The number of nitrogens with two attached hydrogens (primary N) is 1. The number of ether oxygens (including phenoxy) is 1. The maximum absolute atomic E-state index is 11.9. The molecule has 0 spiro atoms. The summed E-state index contributed by atoms with van der Waals surface area (Å²) in [7, 11) is 0. The number of hydrogen-bond acceptors (Lipinski definition) is 4. The minimum Gasteiger partial charge on any atom is -0.480 e. The van der Waals surface area contributed by atoms with E-state index in [1.807, 2.05) is 36.4 Å². The van der Waals surface area contributed by atoms with Crippen LogP contribution in [0.5, 0.6) is 0 Å². The summed E-state index contributed by atoms with van der Waals surface area (Å²) in [6.45, 7) is 0.384. The number of carbonyl (C=O) groups excluding carboxylic acids is 1. The summed E-state index contributed by atoms with van der Waals surface area (Å²) < 4.78 is 5.34. The molecule has 0 heterocycles. The summed E-state index contributed by atoms with van der Waals surface area (Å²) in [6, 6.07) is 15.2. The summed E-state index contributed by atoms with van der Waals surface area (Å²) in [4.78, 5) is 22.5. The number of amides is 1. The summed E-state index contributed by atoms with van der Waals surface area (Å²) >= 11 is 0. The number of fused-ring (bicyclic) bond motifs is 3. The van der Waals surface area contributed by atoms with Gasteiger partial charge in [0.05, 0.1) is 0 Å². The fraction of sp³-hybridized carbons (Fsp3) is 0.263. The van der Waals surface area contributed by atoms with Gasteiger partial charge in [0.1, 0.15) is 12.6 Å². The van der Waals surface area contributed by atoms with Gasteiger partial charge >= 0.3 is 12.1 Å². The predicted octanol–water partition coefficient (Wildman–Crippen LogP) is 2.33. The van der Waals surface area contributed by atoms with Gasteiger partial charge in [0.2, 0.25) is 0 Å². The van der Waals surface area contributed by atoms with Gasteiger partial charge in [0.15, 0.2) is 0 Å². The molecule has 0 unspecified atom stereocenters. The van der Waals surface area contributed by atoms with E-state index in [1.54, 1.807) is 0 Å². The number of hydrogen-bond donors (Lipinski definition) is 3. The molecule has 0 saturated carbocycles. The fourth-order valence-corrected chi connectivity index (χ4v) is 3.10. The molecule has 1 atom stereocenters. The second-order valence-corrected chi connectivity index (χ2v) is 5.99. The molecular weight excluding hydrogens is 320 g/mol. The lowest BCUT2D eigenvalue weighted by Crippen LogP contribution is -2.35. The zero-order chi connectivity index (χ0) is 17.8. The highest BCUT2D eigenvalue weighted by Crippen LogP contribution is 2.44. The highest BCUT2D eigenvalue weighted by Gasteiger charge is 2.28. The molecule has 0 aromatic heterocycles. The minimum atomic E-state index is -1.09. The van der Waals surface area contributed by atoms with E-state index in [0.717, 1.165) is 11.1 Å². The van der Waals surface area contributed by atoms with Crippen LogP contribution in [-0.2, 0) is 9.53 Å². The quantitative estimate of drug-likeness (QED) is 0.749. The molecule has 0 aliphatic heterocycles. The number of aliphatic carboxylic acids is 1. The molecule has 2 aromatic carbocycles. The number of nitrogens with one attached hydrogen (secondary N) is 1. The number of carbonyl (C=O) groups is 2. The van der Waals surface area contributed by atoms with E-state index < -0.39 is 18.1 Å². The van der Waals surface area contributed by atoms with Crippen LogP contribution in [-0.4, -0.2) is 36.4 Å². The van der Waals surface area contributed by atoms with E-state index in [1.165, 1.54) is 11.1 Å². The number of rotatable bonds is 6. The highest BCUT2D eigenvalue weighted by molar-refractivity contribution is 5.79. The molecule has 0 fully saturated rings. The van der Waals surface area contributed by atoms with Gasteiger partial charge in [-0.15, -0.1) is 0 Å². The van der Waals surface area contributed by atoms with Crippen LogP contribution in [0, 0.1) is 0 Å². The second-order valence-electron chi connectivity index (χ2n) is 5.99. The maximum Gasteiger partial charge on any atom is 0.407 e. The van der Waals surface area contributed by atoms with Gasteiger partial charge in [-0.2, -0.15) is 0 Å². The third-order valence-electron chi connectivity index (χ3n) is 4.39. The van der Waals surface area contributed by atoms with Gasteiger partial charge in [0, 0.05) is 12.5 Å². The molecule has 0 radical (unpaired) electrons. The van der Waals surface area contributed by atoms with E-state index in [2.05, 4.69) is 17.4 Å². The first-order chi connectivity index (χ1) is 12.1. The third kappa shape index (κ3) is 3.64. The van der Waals surface area contributed by atoms with Gasteiger partial charge < -0.3 is 20.9 Å². The van der Waals surface area contributed by atoms with Crippen LogP contribution in [0.3, 0.4) is 0 Å². The predicted molar refractivity (Wildman–Crippen MR) is 93.3 cm³/mol. The van der Waals surface area contributed by atoms with E-state index >= 15 is 0 Å². The standard InChI is InChI=1S/C19H20N2O4/c20-17(18(22)23)9-10-21-19(24)25-11-16-14-7-3-1-5-12(14)13-6-2-4-8-15(13)16/h1-8,16-17H,9-11,20H2,(H,21,24)(H,22,23)/t17-/m0/s1. The summed E-state index contributed by atoms with van der Waals surface area (Å²) in [6.07, 6.45) is -0.418. The van der Waals surface area contributed by atoms with Crippen molar-refractivity contribution in [1.29, 1.82) is 0 Å². The van der Waals surface area contributed by atoms with E-state index in [9.17, 15) is 9.59 Å². The van der Waals surface area contributed by atoms with Crippen molar-refractivity contribution in [1.82, 2.24) is 5.32 Å². The zero-order valence-corrected chi connectivity index (χ0v) is 13.6. The van der Waals surface area contributed by atoms with Crippen molar-refractivity contribution in [2.75, 3.05) is 13.2 Å². The lowest BCUT2D eigenvalue weighted by molar-refractivity contribution is -0.138. The molecule has 2 aromatic rings. The third-order valence-corrected chi connectivity index (χ3v) is 4.39. The maximum atomic E-state index is 11.9. The first-order valence-electron chi connectivity index (χ1n) is 8.15. The molecule has 6 nitrogen and oxygen atoms in total. The van der Waals surface area contributed by atoms with Crippen molar-refractivity contribution in [2.24, 2.45) is 5.73 Å². The van der Waals surface area contributed by atoms with Crippen molar-refractivity contribution in [3.05, 3.63) is 59.7 Å². The van der Waals surface area contributed by atoms with Crippen LogP contribution in [0.1, 0.15) is 23.5 Å². The zero-order valence-electron chi connectivity index (χ0n) is 13.6. The van der Waals surface area contributed by atoms with Gasteiger partial charge in [-0.1, -0.05) is 48.5 Å². The van der Waals surface area contributed by atoms with Crippen molar-refractivity contribution in [3.63, 3.8) is 0 Å². The van der Waals surface area contributed by atoms with E-state index in [4.69, 9.17) is 15.6 Å². The van der Waals surface area contributed by atoms with E-state index in [-0.39, 0.29) is 25.5 Å². The van der Waals surface area contributed by atoms with Crippen molar-refractivity contribution in [3.8, 4) is 11.1 Å². The Kier molecular flexibility index (Phi) is 5.00. The van der Waals surface area contributed by atoms with Crippen molar-refractivity contribution >= 4 is 12.1 Å². The molecule has 1 aliphatic carbocycles. The first-order valence-corrected chi connectivity index (χ1v) is 8.15. The molecule has 0 bridgehead atoms. The Bertz CT molecular complexity index is 745. The topological polar surface area (TPSA) is 102 Å². The molecule has 0 saturated heterocycles. The summed E-state index contributed by atoms with van der Waals surface area (Å²) in [5.74, 6) is -1.09. The number of carboxylic acids is 1. The Morgan fingerprint density at radius 3 is 2.20 bits per heavy atom.